The Balaban J connectivity index is 3.11. The van der Waals surface area contributed by atoms with Crippen LogP contribution < -0.4 is 0 Å². The standard InChI is InChI=1S/C19H20INO4/c1-9(2)16-14(18(22)23)13(11-7-5-6-8-12(11)20)15(19(24)25)17(21-16)10(3)4/h5-10H,1-4H3,(H,22,23)(H,24,25). The molecule has 0 atom stereocenters. The fourth-order valence-corrected chi connectivity index (χ4v) is 3.48. The van der Waals surface area contributed by atoms with E-state index in [1.54, 1.807) is 12.1 Å². The third-order valence-electron chi connectivity index (χ3n) is 3.92. The van der Waals surface area contributed by atoms with E-state index in [0.29, 0.717) is 17.0 Å². The average molecular weight is 453 g/mol. The Morgan fingerprint density at radius 3 is 1.72 bits per heavy atom. The molecule has 0 fully saturated rings. The molecule has 0 unspecified atom stereocenters. The van der Waals surface area contributed by atoms with Crippen molar-refractivity contribution in [2.75, 3.05) is 0 Å². The van der Waals surface area contributed by atoms with Gasteiger partial charge in [-0.25, -0.2) is 9.59 Å². The van der Waals surface area contributed by atoms with Crippen molar-refractivity contribution in [3.63, 3.8) is 0 Å². The highest BCUT2D eigenvalue weighted by Crippen LogP contribution is 2.38. The molecule has 2 N–H and O–H groups in total. The molecule has 0 aliphatic heterocycles. The molecule has 0 aliphatic rings. The third kappa shape index (κ3) is 3.68. The van der Waals surface area contributed by atoms with Crippen LogP contribution in [0.5, 0.6) is 0 Å². The summed E-state index contributed by atoms with van der Waals surface area (Å²) in [6.45, 7) is 7.44. The minimum absolute atomic E-state index is 0.0269. The molecule has 0 spiro atoms. The molecule has 1 heterocycles. The van der Waals surface area contributed by atoms with E-state index >= 15 is 0 Å². The number of hydrogen-bond acceptors (Lipinski definition) is 3. The second-order valence-corrected chi connectivity index (χ2v) is 7.57. The first kappa shape index (κ1) is 19.4. The van der Waals surface area contributed by atoms with Crippen LogP contribution in [0.3, 0.4) is 0 Å². The highest BCUT2D eigenvalue weighted by molar-refractivity contribution is 14.1. The van der Waals surface area contributed by atoms with Gasteiger partial charge >= 0.3 is 11.9 Å². The summed E-state index contributed by atoms with van der Waals surface area (Å²) in [5.74, 6) is -2.62. The van der Waals surface area contributed by atoms with Gasteiger partial charge in [0.25, 0.3) is 0 Å². The maximum atomic E-state index is 12.1. The summed E-state index contributed by atoms with van der Waals surface area (Å²) in [4.78, 5) is 28.6. The minimum Gasteiger partial charge on any atom is -0.478 e. The predicted octanol–water partition coefficient (Wildman–Crippen LogP) is 5.00. The van der Waals surface area contributed by atoms with Crippen molar-refractivity contribution >= 4 is 34.5 Å². The van der Waals surface area contributed by atoms with Crippen LogP contribution in [0.15, 0.2) is 24.3 Å². The summed E-state index contributed by atoms with van der Waals surface area (Å²) in [7, 11) is 0. The van der Waals surface area contributed by atoms with Crippen LogP contribution in [0.2, 0.25) is 0 Å². The lowest BCUT2D eigenvalue weighted by Crippen LogP contribution is -2.18. The van der Waals surface area contributed by atoms with Crippen molar-refractivity contribution in [1.82, 2.24) is 4.98 Å². The van der Waals surface area contributed by atoms with E-state index < -0.39 is 11.9 Å². The maximum absolute atomic E-state index is 12.1. The minimum atomic E-state index is -1.16. The van der Waals surface area contributed by atoms with Gasteiger partial charge in [-0.2, -0.15) is 0 Å². The Bertz CT molecular complexity index is 799. The normalized spacial score (nSPS) is 11.2. The van der Waals surface area contributed by atoms with E-state index in [2.05, 4.69) is 27.6 Å². The molecule has 0 saturated carbocycles. The number of carboxylic acids is 2. The van der Waals surface area contributed by atoms with E-state index in [1.807, 2.05) is 39.8 Å². The number of benzene rings is 1. The van der Waals surface area contributed by atoms with Crippen LogP contribution in [-0.4, -0.2) is 27.1 Å². The van der Waals surface area contributed by atoms with E-state index in [1.165, 1.54) is 0 Å². The van der Waals surface area contributed by atoms with Crippen molar-refractivity contribution in [2.45, 2.75) is 39.5 Å². The van der Waals surface area contributed by atoms with Crippen molar-refractivity contribution < 1.29 is 19.8 Å². The van der Waals surface area contributed by atoms with Gasteiger partial charge in [-0.3, -0.25) is 4.98 Å². The molecule has 5 nitrogen and oxygen atoms in total. The second-order valence-electron chi connectivity index (χ2n) is 6.41. The predicted molar refractivity (Wildman–Crippen MR) is 104 cm³/mol. The monoisotopic (exact) mass is 453 g/mol. The van der Waals surface area contributed by atoms with Crippen molar-refractivity contribution in [3.8, 4) is 11.1 Å². The van der Waals surface area contributed by atoms with E-state index in [9.17, 15) is 19.8 Å². The summed E-state index contributed by atoms with van der Waals surface area (Å²) >= 11 is 2.10. The van der Waals surface area contributed by atoms with Crippen LogP contribution in [-0.2, 0) is 0 Å². The zero-order valence-corrected chi connectivity index (χ0v) is 16.7. The van der Waals surface area contributed by atoms with Gasteiger partial charge in [0.1, 0.15) is 0 Å². The zero-order chi connectivity index (χ0) is 18.9. The number of nitrogens with zero attached hydrogens (tertiary/aromatic N) is 1. The van der Waals surface area contributed by atoms with E-state index in [0.717, 1.165) is 3.57 Å². The number of aromatic carboxylic acids is 2. The number of carboxylic acid groups (broad SMARTS) is 2. The molecule has 25 heavy (non-hydrogen) atoms. The fourth-order valence-electron chi connectivity index (χ4n) is 2.82. The molecule has 0 radical (unpaired) electrons. The summed E-state index contributed by atoms with van der Waals surface area (Å²) in [5.41, 5.74) is 1.62. The van der Waals surface area contributed by atoms with Crippen molar-refractivity contribution in [2.24, 2.45) is 0 Å². The van der Waals surface area contributed by atoms with Gasteiger partial charge in [0.2, 0.25) is 0 Å². The molecule has 132 valence electrons. The molecule has 0 amide bonds. The SMILES string of the molecule is CC(C)c1nc(C(C)C)c(C(=O)O)c(-c2ccccc2I)c1C(=O)O. The van der Waals surface area contributed by atoms with Gasteiger partial charge in [-0.05, 0) is 46.1 Å². The summed E-state index contributed by atoms with van der Waals surface area (Å²) < 4.78 is 0.792. The first-order valence-electron chi connectivity index (χ1n) is 7.96. The quantitative estimate of drug-likeness (QED) is 0.623. The molecule has 1 aromatic heterocycles. The van der Waals surface area contributed by atoms with Gasteiger partial charge in [0.05, 0.1) is 22.5 Å². The summed E-state index contributed by atoms with van der Waals surface area (Å²) in [5, 5.41) is 19.7. The Hall–Kier alpha value is -1.96. The molecule has 1 aromatic carbocycles. The van der Waals surface area contributed by atoms with Gasteiger partial charge in [-0.15, -0.1) is 0 Å². The number of pyridine rings is 1. The lowest BCUT2D eigenvalue weighted by molar-refractivity contribution is 0.0694. The molecule has 2 aromatic rings. The van der Waals surface area contributed by atoms with E-state index in [4.69, 9.17) is 0 Å². The Morgan fingerprint density at radius 2 is 1.36 bits per heavy atom. The number of rotatable bonds is 5. The van der Waals surface area contributed by atoms with Crippen molar-refractivity contribution in [1.29, 1.82) is 0 Å². The number of hydrogen-bond donors (Lipinski definition) is 2. The largest absolute Gasteiger partial charge is 0.478 e. The van der Waals surface area contributed by atoms with Crippen LogP contribution in [0.25, 0.3) is 11.1 Å². The number of halogens is 1. The van der Waals surface area contributed by atoms with Gasteiger partial charge in [-0.1, -0.05) is 45.9 Å². The Labute approximate surface area is 160 Å². The lowest BCUT2D eigenvalue weighted by atomic mass is 9.87. The molecule has 0 saturated heterocycles. The first-order chi connectivity index (χ1) is 11.7. The molecule has 2 rings (SSSR count). The molecule has 0 aliphatic carbocycles. The second kappa shape index (κ2) is 7.51. The van der Waals surface area contributed by atoms with Crippen LogP contribution in [0.4, 0.5) is 0 Å². The molecular weight excluding hydrogens is 433 g/mol. The highest BCUT2D eigenvalue weighted by Gasteiger charge is 2.31. The topological polar surface area (TPSA) is 87.5 Å². The highest BCUT2D eigenvalue weighted by atomic mass is 127. The Morgan fingerprint density at radius 1 is 0.920 bits per heavy atom. The zero-order valence-electron chi connectivity index (χ0n) is 14.5. The van der Waals surface area contributed by atoms with Gasteiger partial charge in [0.15, 0.2) is 0 Å². The van der Waals surface area contributed by atoms with Crippen LogP contribution in [0.1, 0.15) is 71.6 Å². The number of aromatic nitrogens is 1. The van der Waals surface area contributed by atoms with Gasteiger partial charge in [0, 0.05) is 9.13 Å². The third-order valence-corrected chi connectivity index (χ3v) is 4.86. The van der Waals surface area contributed by atoms with Crippen LogP contribution >= 0.6 is 22.6 Å². The summed E-state index contributed by atoms with van der Waals surface area (Å²) in [6, 6.07) is 7.20. The Kier molecular flexibility index (Phi) is 5.82. The maximum Gasteiger partial charge on any atom is 0.338 e. The van der Waals surface area contributed by atoms with Crippen molar-refractivity contribution in [3.05, 3.63) is 50.4 Å². The molecule has 6 heteroatoms. The smallest absolute Gasteiger partial charge is 0.338 e. The molecular formula is C19H20INO4. The van der Waals surface area contributed by atoms with Crippen LogP contribution in [0, 0.1) is 3.57 Å². The summed E-state index contributed by atoms with van der Waals surface area (Å²) in [6.07, 6.45) is 0. The first-order valence-corrected chi connectivity index (χ1v) is 9.03. The van der Waals surface area contributed by atoms with Gasteiger partial charge < -0.3 is 10.2 Å². The molecule has 0 bridgehead atoms. The lowest BCUT2D eigenvalue weighted by Gasteiger charge is -2.21. The van der Waals surface area contributed by atoms with E-state index in [-0.39, 0.29) is 28.5 Å². The fraction of sp³-hybridized carbons (Fsp3) is 0.316. The average Bonchev–Trinajstić information content (AvgIpc) is 2.52. The number of carbonyl (C=O) groups is 2.